The lowest BCUT2D eigenvalue weighted by atomic mass is 10.1. The summed E-state index contributed by atoms with van der Waals surface area (Å²) >= 11 is 1.38. The van der Waals surface area contributed by atoms with Gasteiger partial charge in [-0.1, -0.05) is 29.8 Å². The van der Waals surface area contributed by atoms with Crippen molar-refractivity contribution in [3.63, 3.8) is 0 Å². The molecule has 30 heavy (non-hydrogen) atoms. The van der Waals surface area contributed by atoms with Crippen molar-refractivity contribution < 1.29 is 14.3 Å². The number of fused-ring (bicyclic) bond motifs is 1. The first-order valence-corrected chi connectivity index (χ1v) is 10.7. The van der Waals surface area contributed by atoms with Gasteiger partial charge in [0.25, 0.3) is 5.91 Å². The summed E-state index contributed by atoms with van der Waals surface area (Å²) in [6, 6.07) is 13.8. The highest BCUT2D eigenvalue weighted by Gasteiger charge is 2.29. The fourth-order valence-corrected chi connectivity index (χ4v) is 4.06. The number of carbonyl (C=O) groups is 2. The minimum absolute atomic E-state index is 0.0605. The lowest BCUT2D eigenvalue weighted by molar-refractivity contribution is -0.125. The lowest BCUT2D eigenvalue weighted by Gasteiger charge is -2.30. The van der Waals surface area contributed by atoms with Crippen LogP contribution < -0.4 is 15.0 Å². The molecule has 4 rings (SSSR count). The van der Waals surface area contributed by atoms with Gasteiger partial charge in [0, 0.05) is 24.4 Å². The van der Waals surface area contributed by atoms with E-state index in [2.05, 4.69) is 22.4 Å². The predicted octanol–water partition coefficient (Wildman–Crippen LogP) is 4.43. The molecular formula is C23H23N3O3S. The quantitative estimate of drug-likeness (QED) is 0.661. The first-order chi connectivity index (χ1) is 14.4. The molecule has 0 saturated carbocycles. The van der Waals surface area contributed by atoms with Gasteiger partial charge in [-0.3, -0.25) is 9.59 Å². The van der Waals surface area contributed by atoms with Gasteiger partial charge in [-0.05, 0) is 44.0 Å². The molecular weight excluding hydrogens is 398 g/mol. The molecule has 6 nitrogen and oxygen atoms in total. The molecule has 0 spiro atoms. The molecule has 0 fully saturated rings. The number of nitrogens with one attached hydrogen (secondary N) is 1. The maximum atomic E-state index is 12.3. The summed E-state index contributed by atoms with van der Waals surface area (Å²) in [6.45, 7) is 3.78. The fraction of sp³-hybridized carbons (Fsp3) is 0.261. The van der Waals surface area contributed by atoms with Crippen LogP contribution in [0.3, 0.4) is 0 Å². The second-order valence-electron chi connectivity index (χ2n) is 7.41. The van der Waals surface area contributed by atoms with Crippen LogP contribution in [0, 0.1) is 6.92 Å². The zero-order chi connectivity index (χ0) is 21.3. The SMILES string of the molecule is Cc1ccc(CCC(=O)Nc2nc(-c3ccc4c(c3)N(C)C(=O)[C@H](C)O4)cs2)cc1. The zero-order valence-electron chi connectivity index (χ0n) is 17.1. The highest BCUT2D eigenvalue weighted by Crippen LogP contribution is 2.37. The summed E-state index contributed by atoms with van der Waals surface area (Å²) < 4.78 is 5.67. The number of aromatic nitrogens is 1. The van der Waals surface area contributed by atoms with Crippen LogP contribution in [-0.4, -0.2) is 29.9 Å². The smallest absolute Gasteiger partial charge is 0.267 e. The second-order valence-corrected chi connectivity index (χ2v) is 8.27. The van der Waals surface area contributed by atoms with Gasteiger partial charge in [0.15, 0.2) is 11.2 Å². The Kier molecular flexibility index (Phi) is 5.55. The van der Waals surface area contributed by atoms with Crippen molar-refractivity contribution in [3.8, 4) is 17.0 Å². The normalized spacial score (nSPS) is 15.5. The number of aryl methyl sites for hydroxylation is 2. The van der Waals surface area contributed by atoms with Crippen LogP contribution in [0.25, 0.3) is 11.3 Å². The molecule has 0 unspecified atom stereocenters. The van der Waals surface area contributed by atoms with Crippen molar-refractivity contribution >= 4 is 34.0 Å². The van der Waals surface area contributed by atoms with Crippen molar-refractivity contribution in [2.75, 3.05) is 17.3 Å². The summed E-state index contributed by atoms with van der Waals surface area (Å²) in [7, 11) is 1.74. The van der Waals surface area contributed by atoms with Gasteiger partial charge in [-0.15, -0.1) is 11.3 Å². The van der Waals surface area contributed by atoms with E-state index < -0.39 is 6.10 Å². The first kappa shape index (κ1) is 20.1. The summed E-state index contributed by atoms with van der Waals surface area (Å²) in [6.07, 6.45) is 0.599. The van der Waals surface area contributed by atoms with E-state index in [-0.39, 0.29) is 11.8 Å². The molecule has 0 radical (unpaired) electrons. The number of thiazole rings is 1. The van der Waals surface area contributed by atoms with Gasteiger partial charge < -0.3 is 15.0 Å². The van der Waals surface area contributed by atoms with Crippen LogP contribution in [0.15, 0.2) is 47.8 Å². The number of carbonyl (C=O) groups excluding carboxylic acids is 2. The number of rotatable bonds is 5. The Labute approximate surface area is 179 Å². The number of benzene rings is 2. The molecule has 154 valence electrons. The van der Waals surface area contributed by atoms with E-state index in [0.717, 1.165) is 16.8 Å². The molecule has 2 heterocycles. The molecule has 2 aromatic carbocycles. The van der Waals surface area contributed by atoms with Crippen molar-refractivity contribution in [3.05, 3.63) is 59.0 Å². The maximum Gasteiger partial charge on any atom is 0.267 e. The third-order valence-corrected chi connectivity index (χ3v) is 5.87. The van der Waals surface area contributed by atoms with Crippen molar-refractivity contribution in [2.24, 2.45) is 0 Å². The van der Waals surface area contributed by atoms with Crippen LogP contribution in [0.4, 0.5) is 10.8 Å². The van der Waals surface area contributed by atoms with Gasteiger partial charge >= 0.3 is 0 Å². The van der Waals surface area contributed by atoms with Crippen LogP contribution in [0.1, 0.15) is 24.5 Å². The van der Waals surface area contributed by atoms with E-state index in [9.17, 15) is 9.59 Å². The Balaban J connectivity index is 1.42. The molecule has 1 aliphatic heterocycles. The average Bonchev–Trinajstić information content (AvgIpc) is 3.20. The standard InChI is InChI=1S/C23H23N3O3S/c1-14-4-6-16(7-5-14)8-11-21(27)25-23-24-18(13-30-23)17-9-10-20-19(12-17)26(3)22(28)15(2)29-20/h4-7,9-10,12-13,15H,8,11H2,1-3H3,(H,24,25,27)/t15-/m0/s1. The van der Waals surface area contributed by atoms with Crippen molar-refractivity contribution in [2.45, 2.75) is 32.8 Å². The van der Waals surface area contributed by atoms with Crippen LogP contribution in [0.2, 0.25) is 0 Å². The minimum Gasteiger partial charge on any atom is -0.479 e. The van der Waals surface area contributed by atoms with Crippen molar-refractivity contribution in [1.82, 2.24) is 4.98 Å². The number of anilines is 2. The average molecular weight is 422 g/mol. The highest BCUT2D eigenvalue weighted by atomic mass is 32.1. The summed E-state index contributed by atoms with van der Waals surface area (Å²) in [5, 5.41) is 5.33. The van der Waals surface area contributed by atoms with Gasteiger partial charge in [-0.2, -0.15) is 0 Å². The van der Waals surface area contributed by atoms with E-state index in [4.69, 9.17) is 4.74 Å². The number of likely N-dealkylation sites (N-methyl/N-ethyl adjacent to an activating group) is 1. The molecule has 1 aliphatic rings. The van der Waals surface area contributed by atoms with Gasteiger partial charge in [0.1, 0.15) is 5.75 Å². The number of hydrogen-bond donors (Lipinski definition) is 1. The fourth-order valence-electron chi connectivity index (χ4n) is 3.33. The Morgan fingerprint density at radius 3 is 2.77 bits per heavy atom. The Morgan fingerprint density at radius 2 is 2.00 bits per heavy atom. The molecule has 7 heteroatoms. The van der Waals surface area contributed by atoms with Gasteiger partial charge in [0.05, 0.1) is 11.4 Å². The molecule has 0 aliphatic carbocycles. The van der Waals surface area contributed by atoms with E-state index in [1.807, 2.05) is 42.6 Å². The Morgan fingerprint density at radius 1 is 1.23 bits per heavy atom. The molecule has 1 aromatic heterocycles. The third-order valence-electron chi connectivity index (χ3n) is 5.11. The molecule has 2 amide bonds. The molecule has 3 aromatic rings. The number of ether oxygens (including phenoxy) is 1. The number of amides is 2. The summed E-state index contributed by atoms with van der Waals surface area (Å²) in [5.74, 6) is 0.530. The first-order valence-electron chi connectivity index (χ1n) is 9.80. The van der Waals surface area contributed by atoms with E-state index >= 15 is 0 Å². The largest absolute Gasteiger partial charge is 0.479 e. The lowest BCUT2D eigenvalue weighted by Crippen LogP contribution is -2.41. The van der Waals surface area contributed by atoms with Crippen LogP contribution >= 0.6 is 11.3 Å². The number of hydrogen-bond acceptors (Lipinski definition) is 5. The second kappa shape index (κ2) is 8.28. The van der Waals surface area contributed by atoms with E-state index in [1.165, 1.54) is 16.9 Å². The maximum absolute atomic E-state index is 12.3. The van der Waals surface area contributed by atoms with E-state index in [1.54, 1.807) is 18.9 Å². The van der Waals surface area contributed by atoms with Gasteiger partial charge in [0.2, 0.25) is 5.91 Å². The summed E-state index contributed by atoms with van der Waals surface area (Å²) in [4.78, 5) is 30.6. The highest BCUT2D eigenvalue weighted by molar-refractivity contribution is 7.14. The predicted molar refractivity (Wildman–Crippen MR) is 119 cm³/mol. The number of nitrogens with zero attached hydrogens (tertiary/aromatic N) is 2. The summed E-state index contributed by atoms with van der Waals surface area (Å²) in [5.41, 5.74) is 4.67. The molecule has 1 atom stereocenters. The molecule has 0 saturated heterocycles. The van der Waals surface area contributed by atoms with E-state index in [0.29, 0.717) is 29.4 Å². The molecule has 0 bridgehead atoms. The zero-order valence-corrected chi connectivity index (χ0v) is 18.0. The third kappa shape index (κ3) is 4.21. The Bertz CT molecular complexity index is 1090. The topological polar surface area (TPSA) is 71.5 Å². The van der Waals surface area contributed by atoms with Crippen LogP contribution in [-0.2, 0) is 16.0 Å². The minimum atomic E-state index is -0.491. The monoisotopic (exact) mass is 421 g/mol. The van der Waals surface area contributed by atoms with Crippen molar-refractivity contribution in [1.29, 1.82) is 0 Å². The molecule has 1 N–H and O–H groups in total. The van der Waals surface area contributed by atoms with Crippen LogP contribution in [0.5, 0.6) is 5.75 Å². The van der Waals surface area contributed by atoms with Gasteiger partial charge in [-0.25, -0.2) is 4.98 Å². The Hall–Kier alpha value is -3.19.